The summed E-state index contributed by atoms with van der Waals surface area (Å²) in [7, 11) is 1.63. The summed E-state index contributed by atoms with van der Waals surface area (Å²) in [6.07, 6.45) is 3.39. The van der Waals surface area contributed by atoms with Gasteiger partial charge < -0.3 is 10.1 Å². The minimum atomic E-state index is -0.395. The van der Waals surface area contributed by atoms with E-state index in [1.54, 1.807) is 23.9 Å². The first-order valence-electron chi connectivity index (χ1n) is 7.63. The largest absolute Gasteiger partial charge is 0.497 e. The first kappa shape index (κ1) is 15.8. The van der Waals surface area contributed by atoms with E-state index in [-0.39, 0.29) is 5.82 Å². The summed E-state index contributed by atoms with van der Waals surface area (Å²) in [6.45, 7) is 0. The van der Waals surface area contributed by atoms with E-state index in [1.807, 2.05) is 30.3 Å². The van der Waals surface area contributed by atoms with Crippen LogP contribution in [0, 0.1) is 5.82 Å². The van der Waals surface area contributed by atoms with Crippen LogP contribution in [0.5, 0.6) is 5.75 Å². The summed E-state index contributed by atoms with van der Waals surface area (Å²) < 4.78 is 22.1. The predicted octanol–water partition coefficient (Wildman–Crippen LogP) is 4.24. The summed E-state index contributed by atoms with van der Waals surface area (Å²) in [5.74, 6) is 1.05. The number of hydrogen-bond acceptors (Lipinski definition) is 4. The smallest absolute Gasteiger partial charge is 0.226 e. The van der Waals surface area contributed by atoms with E-state index in [0.29, 0.717) is 11.5 Å². The Morgan fingerprint density at radius 3 is 2.76 bits per heavy atom. The minimum Gasteiger partial charge on any atom is -0.497 e. The average Bonchev–Trinajstić information content (AvgIpc) is 3.12. The average molecular weight is 401 g/mol. The molecule has 126 valence electrons. The highest BCUT2D eigenvalue weighted by Gasteiger charge is 2.25. The Hall–Kier alpha value is -2.67. The van der Waals surface area contributed by atoms with Gasteiger partial charge in [-0.25, -0.2) is 9.07 Å². The molecule has 0 aliphatic carbocycles. The van der Waals surface area contributed by atoms with E-state index in [4.69, 9.17) is 4.74 Å². The maximum Gasteiger partial charge on any atom is 0.226 e. The molecule has 0 saturated carbocycles. The van der Waals surface area contributed by atoms with Crippen LogP contribution in [0.3, 0.4) is 0 Å². The number of benzene rings is 2. The van der Waals surface area contributed by atoms with Gasteiger partial charge in [0, 0.05) is 15.7 Å². The standard InChI is InChI=1S/C18H14BrFN4O/c1-25-13-5-2-11(3-6-13)16-9-17(24-18(23-16)21-10-22-24)14-8-12(19)4-7-15(14)20/h2-10,17H,1H3,(H,21,22,23). The number of halogens is 2. The van der Waals surface area contributed by atoms with Gasteiger partial charge in [-0.05, 0) is 54.1 Å². The van der Waals surface area contributed by atoms with Crippen molar-refractivity contribution in [2.24, 2.45) is 0 Å². The fourth-order valence-corrected chi connectivity index (χ4v) is 3.21. The Morgan fingerprint density at radius 1 is 1.20 bits per heavy atom. The lowest BCUT2D eigenvalue weighted by molar-refractivity contribution is 0.415. The summed E-state index contributed by atoms with van der Waals surface area (Å²) in [5, 5.41) is 7.48. The van der Waals surface area contributed by atoms with Crippen molar-refractivity contribution >= 4 is 27.6 Å². The highest BCUT2D eigenvalue weighted by atomic mass is 79.9. The molecule has 0 amide bonds. The fraction of sp³-hybridized carbons (Fsp3) is 0.111. The SMILES string of the molecule is COc1ccc(C2=CC(c3cc(Br)ccc3F)n3ncnc3N2)cc1. The summed E-state index contributed by atoms with van der Waals surface area (Å²) in [4.78, 5) is 4.24. The molecule has 5 nitrogen and oxygen atoms in total. The predicted molar refractivity (Wildman–Crippen MR) is 96.9 cm³/mol. The van der Waals surface area contributed by atoms with Gasteiger partial charge in [-0.1, -0.05) is 15.9 Å². The first-order chi connectivity index (χ1) is 12.2. The number of allylic oxidation sites excluding steroid dienone is 1. The zero-order valence-electron chi connectivity index (χ0n) is 13.3. The quantitative estimate of drug-likeness (QED) is 0.713. The van der Waals surface area contributed by atoms with Gasteiger partial charge in [0.05, 0.1) is 7.11 Å². The van der Waals surface area contributed by atoms with E-state index >= 15 is 0 Å². The van der Waals surface area contributed by atoms with Gasteiger partial charge in [-0.2, -0.15) is 10.1 Å². The van der Waals surface area contributed by atoms with Crippen LogP contribution in [0.4, 0.5) is 10.3 Å². The molecule has 1 atom stereocenters. The van der Waals surface area contributed by atoms with E-state index in [2.05, 4.69) is 31.3 Å². The molecule has 1 aromatic heterocycles. The van der Waals surface area contributed by atoms with Crippen LogP contribution in [0.15, 0.2) is 59.3 Å². The van der Waals surface area contributed by atoms with Gasteiger partial charge in [0.1, 0.15) is 23.9 Å². The van der Waals surface area contributed by atoms with Crippen molar-refractivity contribution in [1.29, 1.82) is 0 Å². The van der Waals surface area contributed by atoms with Gasteiger partial charge in [-0.3, -0.25) is 0 Å². The van der Waals surface area contributed by atoms with E-state index in [1.165, 1.54) is 12.4 Å². The molecule has 0 bridgehead atoms. The number of ether oxygens (including phenoxy) is 1. The molecular weight excluding hydrogens is 387 g/mol. The lowest BCUT2D eigenvalue weighted by atomic mass is 10.0. The van der Waals surface area contributed by atoms with Crippen LogP contribution < -0.4 is 10.1 Å². The minimum absolute atomic E-state index is 0.290. The Balaban J connectivity index is 1.81. The Kier molecular flexibility index (Phi) is 4.01. The lowest BCUT2D eigenvalue weighted by Crippen LogP contribution is -2.21. The van der Waals surface area contributed by atoms with Gasteiger partial charge in [0.15, 0.2) is 0 Å². The molecule has 25 heavy (non-hydrogen) atoms. The normalized spacial score (nSPS) is 16.0. The number of nitrogens with zero attached hydrogens (tertiary/aromatic N) is 3. The van der Waals surface area contributed by atoms with Crippen molar-refractivity contribution in [3.8, 4) is 5.75 Å². The first-order valence-corrected chi connectivity index (χ1v) is 8.43. The number of hydrogen-bond donors (Lipinski definition) is 1. The monoisotopic (exact) mass is 400 g/mol. The number of methoxy groups -OCH3 is 1. The maximum absolute atomic E-state index is 14.4. The zero-order chi connectivity index (χ0) is 17.4. The Morgan fingerprint density at radius 2 is 2.00 bits per heavy atom. The van der Waals surface area contributed by atoms with Gasteiger partial charge in [0.2, 0.25) is 5.95 Å². The molecule has 2 heterocycles. The van der Waals surface area contributed by atoms with Crippen LogP contribution in [0.2, 0.25) is 0 Å². The second-order valence-electron chi connectivity index (χ2n) is 5.57. The molecule has 7 heteroatoms. The van der Waals surface area contributed by atoms with Crippen LogP contribution in [0.25, 0.3) is 5.70 Å². The van der Waals surface area contributed by atoms with Crippen molar-refractivity contribution in [3.63, 3.8) is 0 Å². The van der Waals surface area contributed by atoms with Crippen LogP contribution in [-0.2, 0) is 0 Å². The van der Waals surface area contributed by atoms with Crippen molar-refractivity contribution in [1.82, 2.24) is 14.8 Å². The second kappa shape index (κ2) is 6.33. The van der Waals surface area contributed by atoms with Crippen LogP contribution in [-0.4, -0.2) is 21.9 Å². The number of rotatable bonds is 3. The highest BCUT2D eigenvalue weighted by Crippen LogP contribution is 2.34. The molecule has 0 saturated heterocycles. The van der Waals surface area contributed by atoms with Gasteiger partial charge >= 0.3 is 0 Å². The molecule has 1 N–H and O–H groups in total. The number of fused-ring (bicyclic) bond motifs is 1. The molecule has 2 aromatic carbocycles. The molecular formula is C18H14BrFN4O. The van der Waals surface area contributed by atoms with Crippen molar-refractivity contribution < 1.29 is 9.13 Å². The number of anilines is 1. The molecule has 3 aromatic rings. The summed E-state index contributed by atoms with van der Waals surface area (Å²) in [5.41, 5.74) is 2.32. The van der Waals surface area contributed by atoms with Gasteiger partial charge in [0.25, 0.3) is 0 Å². The van der Waals surface area contributed by atoms with Crippen molar-refractivity contribution in [2.75, 3.05) is 12.4 Å². The van der Waals surface area contributed by atoms with Crippen LogP contribution in [0.1, 0.15) is 17.2 Å². The van der Waals surface area contributed by atoms with E-state index in [9.17, 15) is 4.39 Å². The van der Waals surface area contributed by atoms with Crippen molar-refractivity contribution in [2.45, 2.75) is 6.04 Å². The third kappa shape index (κ3) is 2.91. The summed E-state index contributed by atoms with van der Waals surface area (Å²) in [6, 6.07) is 12.1. The molecule has 0 spiro atoms. The lowest BCUT2D eigenvalue weighted by Gasteiger charge is -2.25. The van der Waals surface area contributed by atoms with Crippen molar-refractivity contribution in [3.05, 3.63) is 76.3 Å². The molecule has 1 aliphatic heterocycles. The van der Waals surface area contributed by atoms with E-state index in [0.717, 1.165) is 21.5 Å². The Bertz CT molecular complexity index is 952. The number of nitrogens with one attached hydrogen (secondary N) is 1. The third-order valence-electron chi connectivity index (χ3n) is 4.09. The maximum atomic E-state index is 14.4. The zero-order valence-corrected chi connectivity index (χ0v) is 14.9. The Labute approximate surface area is 152 Å². The fourth-order valence-electron chi connectivity index (χ4n) is 2.84. The second-order valence-corrected chi connectivity index (χ2v) is 6.49. The summed E-state index contributed by atoms with van der Waals surface area (Å²) >= 11 is 3.41. The molecule has 4 rings (SSSR count). The van der Waals surface area contributed by atoms with Crippen LogP contribution >= 0.6 is 15.9 Å². The topological polar surface area (TPSA) is 52.0 Å². The highest BCUT2D eigenvalue weighted by molar-refractivity contribution is 9.10. The van der Waals surface area contributed by atoms with Gasteiger partial charge in [-0.15, -0.1) is 0 Å². The molecule has 0 fully saturated rings. The molecule has 0 radical (unpaired) electrons. The molecule has 1 unspecified atom stereocenters. The van der Waals surface area contributed by atoms with E-state index < -0.39 is 6.04 Å². The molecule has 1 aliphatic rings. The number of aromatic nitrogens is 3. The third-order valence-corrected chi connectivity index (χ3v) is 4.58.